The number of aromatic hydroxyl groups is 1. The number of hydrogen-bond acceptors (Lipinski definition) is 5. The van der Waals surface area contributed by atoms with E-state index in [0.29, 0.717) is 0 Å². The van der Waals surface area contributed by atoms with E-state index >= 15 is 0 Å². The first kappa shape index (κ1) is 17.1. The molecular weight excluding hydrogens is 330 g/mol. The average molecular weight is 343 g/mol. The Balaban J connectivity index is 1.98. The highest BCUT2D eigenvalue weighted by molar-refractivity contribution is 7.80. The molecule has 0 aliphatic rings. The first-order valence-electron chi connectivity index (χ1n) is 6.78. The quantitative estimate of drug-likeness (QED) is 0.259. The number of nitrogens with one attached hydrogen (secondary N) is 2. The number of benzene rings is 2. The third-order valence-electron chi connectivity index (χ3n) is 2.90. The molecule has 0 saturated heterocycles. The number of phenolic OH excluding ortho intramolecular Hbond substituents is 1. The summed E-state index contributed by atoms with van der Waals surface area (Å²) < 4.78 is 0. The van der Waals surface area contributed by atoms with E-state index in [-0.39, 0.29) is 22.2 Å². The maximum atomic E-state index is 11.8. The van der Waals surface area contributed by atoms with Crippen LogP contribution in [0.25, 0.3) is 6.08 Å². The van der Waals surface area contributed by atoms with Crippen molar-refractivity contribution in [2.24, 2.45) is 0 Å². The molecule has 7 nitrogen and oxygen atoms in total. The molecule has 2 aromatic rings. The van der Waals surface area contributed by atoms with Gasteiger partial charge in [-0.2, -0.15) is 0 Å². The van der Waals surface area contributed by atoms with Crippen LogP contribution in [0.1, 0.15) is 5.56 Å². The van der Waals surface area contributed by atoms with Crippen LogP contribution in [0.3, 0.4) is 0 Å². The van der Waals surface area contributed by atoms with Crippen LogP contribution in [-0.2, 0) is 4.79 Å². The highest BCUT2D eigenvalue weighted by Crippen LogP contribution is 2.27. The largest absolute Gasteiger partial charge is 0.506 e. The smallest absolute Gasteiger partial charge is 0.271 e. The third-order valence-corrected chi connectivity index (χ3v) is 3.11. The van der Waals surface area contributed by atoms with E-state index < -0.39 is 10.8 Å². The second-order valence-corrected chi connectivity index (χ2v) is 5.05. The Kier molecular flexibility index (Phi) is 5.58. The minimum Gasteiger partial charge on any atom is -0.506 e. The van der Waals surface area contributed by atoms with E-state index in [1.165, 1.54) is 12.1 Å². The van der Waals surface area contributed by atoms with Gasteiger partial charge in [-0.1, -0.05) is 30.3 Å². The fourth-order valence-corrected chi connectivity index (χ4v) is 1.99. The van der Waals surface area contributed by atoms with E-state index in [9.17, 15) is 20.0 Å². The summed E-state index contributed by atoms with van der Waals surface area (Å²) in [6.07, 6.45) is 2.92. The minimum atomic E-state index is -0.602. The lowest BCUT2D eigenvalue weighted by molar-refractivity contribution is -0.384. The summed E-state index contributed by atoms with van der Waals surface area (Å²) in [6, 6.07) is 12.7. The fourth-order valence-electron chi connectivity index (χ4n) is 1.78. The maximum Gasteiger partial charge on any atom is 0.271 e. The second-order valence-electron chi connectivity index (χ2n) is 4.65. The molecule has 0 fully saturated rings. The Morgan fingerprint density at radius 3 is 2.58 bits per heavy atom. The number of thiocarbonyl (C=S) groups is 1. The van der Waals surface area contributed by atoms with E-state index in [4.69, 9.17) is 12.2 Å². The van der Waals surface area contributed by atoms with Crippen molar-refractivity contribution in [1.82, 2.24) is 5.32 Å². The number of nitrogens with zero attached hydrogens (tertiary/aromatic N) is 1. The Morgan fingerprint density at radius 2 is 1.92 bits per heavy atom. The lowest BCUT2D eigenvalue weighted by atomic mass is 10.2. The van der Waals surface area contributed by atoms with Gasteiger partial charge >= 0.3 is 0 Å². The van der Waals surface area contributed by atoms with Crippen molar-refractivity contribution in [3.8, 4) is 5.75 Å². The molecule has 2 rings (SSSR count). The molecule has 0 radical (unpaired) electrons. The minimum absolute atomic E-state index is 0.0292. The zero-order valence-electron chi connectivity index (χ0n) is 12.3. The predicted molar refractivity (Wildman–Crippen MR) is 94.6 cm³/mol. The summed E-state index contributed by atoms with van der Waals surface area (Å²) >= 11 is 4.95. The zero-order valence-corrected chi connectivity index (χ0v) is 13.1. The topological polar surface area (TPSA) is 104 Å². The molecule has 122 valence electrons. The van der Waals surface area contributed by atoms with Crippen LogP contribution in [-0.4, -0.2) is 21.0 Å². The van der Waals surface area contributed by atoms with Gasteiger partial charge in [0.05, 0.1) is 10.6 Å². The van der Waals surface area contributed by atoms with Crippen LogP contribution in [0, 0.1) is 10.1 Å². The molecule has 0 bridgehead atoms. The van der Waals surface area contributed by atoms with Gasteiger partial charge < -0.3 is 10.4 Å². The first-order valence-corrected chi connectivity index (χ1v) is 7.19. The molecule has 8 heteroatoms. The van der Waals surface area contributed by atoms with E-state index in [1.807, 2.05) is 30.3 Å². The molecule has 0 spiro atoms. The standard InChI is InChI=1S/C16H13N3O4S/c20-14-8-7-12(19(22)23)10-13(14)17-16(24)18-15(21)9-6-11-4-2-1-3-5-11/h1-10,20H,(H2,17,18,21,24). The average Bonchev–Trinajstić information content (AvgIpc) is 2.55. The van der Waals surface area contributed by atoms with Gasteiger partial charge in [0.2, 0.25) is 5.91 Å². The monoisotopic (exact) mass is 343 g/mol. The van der Waals surface area contributed by atoms with E-state index in [2.05, 4.69) is 10.6 Å². The molecular formula is C16H13N3O4S. The normalized spacial score (nSPS) is 10.3. The van der Waals surface area contributed by atoms with Crippen molar-refractivity contribution in [2.45, 2.75) is 0 Å². The number of carbonyl (C=O) groups is 1. The summed E-state index contributed by atoms with van der Waals surface area (Å²) in [5, 5.41) is 25.3. The molecule has 24 heavy (non-hydrogen) atoms. The van der Waals surface area contributed by atoms with Crippen LogP contribution >= 0.6 is 12.2 Å². The lowest BCUT2D eigenvalue weighted by Crippen LogP contribution is -2.32. The van der Waals surface area contributed by atoms with Gasteiger partial charge in [0.1, 0.15) is 5.75 Å². The van der Waals surface area contributed by atoms with Crippen molar-refractivity contribution >= 4 is 40.7 Å². The number of amides is 1. The second kappa shape index (κ2) is 7.84. The SMILES string of the molecule is O=C(C=Cc1ccccc1)NC(=S)Nc1cc([N+](=O)[O-])ccc1O. The van der Waals surface area contributed by atoms with Crippen LogP contribution in [0.5, 0.6) is 5.75 Å². The Hall–Kier alpha value is -3.26. The van der Waals surface area contributed by atoms with Gasteiger partial charge in [-0.15, -0.1) is 0 Å². The van der Waals surface area contributed by atoms with Gasteiger partial charge in [0.15, 0.2) is 5.11 Å². The van der Waals surface area contributed by atoms with Crippen LogP contribution in [0.4, 0.5) is 11.4 Å². The summed E-state index contributed by atoms with van der Waals surface area (Å²) in [4.78, 5) is 21.9. The first-order chi connectivity index (χ1) is 11.5. The molecule has 1 amide bonds. The third kappa shape index (κ3) is 4.89. The highest BCUT2D eigenvalue weighted by atomic mass is 32.1. The summed E-state index contributed by atoms with van der Waals surface area (Å²) in [5.41, 5.74) is 0.665. The van der Waals surface area contributed by atoms with Gasteiger partial charge in [0, 0.05) is 18.2 Å². The molecule has 0 aromatic heterocycles. The van der Waals surface area contributed by atoms with Crippen molar-refractivity contribution in [1.29, 1.82) is 0 Å². The van der Waals surface area contributed by atoms with Crippen molar-refractivity contribution in [2.75, 3.05) is 5.32 Å². The van der Waals surface area contributed by atoms with Gasteiger partial charge in [-0.3, -0.25) is 20.2 Å². The van der Waals surface area contributed by atoms with Crippen LogP contribution in [0.2, 0.25) is 0 Å². The molecule has 0 heterocycles. The highest BCUT2D eigenvalue weighted by Gasteiger charge is 2.11. The van der Waals surface area contributed by atoms with Crippen molar-refractivity contribution < 1.29 is 14.8 Å². The Bertz CT molecular complexity index is 806. The molecule has 0 aliphatic heterocycles. The molecule has 0 aliphatic carbocycles. The lowest BCUT2D eigenvalue weighted by Gasteiger charge is -2.09. The Morgan fingerprint density at radius 1 is 1.21 bits per heavy atom. The van der Waals surface area contributed by atoms with Crippen molar-refractivity contribution in [3.05, 3.63) is 70.3 Å². The summed E-state index contributed by atoms with van der Waals surface area (Å²) in [6.45, 7) is 0. The van der Waals surface area contributed by atoms with Gasteiger partial charge in [0.25, 0.3) is 5.69 Å². The molecule has 0 atom stereocenters. The predicted octanol–water partition coefficient (Wildman–Crippen LogP) is 2.83. The van der Waals surface area contributed by atoms with E-state index in [0.717, 1.165) is 17.7 Å². The number of nitro groups is 1. The fraction of sp³-hybridized carbons (Fsp3) is 0. The molecule has 0 saturated carbocycles. The van der Waals surface area contributed by atoms with Crippen molar-refractivity contribution in [3.63, 3.8) is 0 Å². The zero-order chi connectivity index (χ0) is 17.5. The Labute approximate surface area is 142 Å². The van der Waals surface area contributed by atoms with Crippen LogP contribution < -0.4 is 10.6 Å². The number of anilines is 1. The number of phenols is 1. The number of nitro benzene ring substituents is 1. The number of hydrogen-bond donors (Lipinski definition) is 3. The van der Waals surface area contributed by atoms with Gasteiger partial charge in [-0.05, 0) is 29.9 Å². The number of rotatable bonds is 4. The number of carbonyl (C=O) groups excluding carboxylic acids is 1. The van der Waals surface area contributed by atoms with Gasteiger partial charge in [-0.25, -0.2) is 0 Å². The molecule has 3 N–H and O–H groups in total. The van der Waals surface area contributed by atoms with E-state index in [1.54, 1.807) is 6.08 Å². The summed E-state index contributed by atoms with van der Waals surface area (Å²) in [7, 11) is 0. The summed E-state index contributed by atoms with van der Waals surface area (Å²) in [5.74, 6) is -0.696. The molecule has 0 unspecified atom stereocenters. The molecule has 2 aromatic carbocycles. The van der Waals surface area contributed by atoms with Crippen LogP contribution in [0.15, 0.2) is 54.6 Å². The maximum absolute atomic E-state index is 11.8. The number of non-ortho nitro benzene ring substituents is 1.